The molecule has 0 bridgehead atoms. The molecule has 0 aliphatic heterocycles. The number of rotatable bonds is 8. The number of imide groups is 1. The summed E-state index contributed by atoms with van der Waals surface area (Å²) in [6, 6.07) is 5.77. The quantitative estimate of drug-likeness (QED) is 0.710. The molecule has 24 heavy (non-hydrogen) atoms. The van der Waals surface area contributed by atoms with Crippen LogP contribution in [0.2, 0.25) is 0 Å². The van der Waals surface area contributed by atoms with Crippen LogP contribution < -0.4 is 15.4 Å². The van der Waals surface area contributed by atoms with Crippen LogP contribution in [0.5, 0.6) is 5.75 Å². The van der Waals surface area contributed by atoms with Crippen LogP contribution in [0.25, 0.3) is 0 Å². The fraction of sp³-hybridized carbons (Fsp3) is 0.471. The molecule has 1 atom stereocenters. The van der Waals surface area contributed by atoms with E-state index in [9.17, 15) is 14.4 Å². The fourth-order valence-electron chi connectivity index (χ4n) is 1.65. The second kappa shape index (κ2) is 10.3. The molecule has 1 aromatic rings. The molecule has 0 aliphatic rings. The van der Waals surface area contributed by atoms with Gasteiger partial charge in [-0.15, -0.1) is 0 Å². The number of ether oxygens (including phenoxy) is 2. The molecule has 2 N–H and O–H groups in total. The highest BCUT2D eigenvalue weighted by molar-refractivity contribution is 5.97. The van der Waals surface area contributed by atoms with Gasteiger partial charge in [0.2, 0.25) is 0 Å². The summed E-state index contributed by atoms with van der Waals surface area (Å²) in [7, 11) is 0. The third-order valence-corrected chi connectivity index (χ3v) is 3.14. The van der Waals surface area contributed by atoms with Gasteiger partial charge in [0.05, 0.1) is 12.2 Å². The highest BCUT2D eigenvalue weighted by Crippen LogP contribution is 2.13. The van der Waals surface area contributed by atoms with E-state index < -0.39 is 24.5 Å². The van der Waals surface area contributed by atoms with Gasteiger partial charge < -0.3 is 14.8 Å². The lowest BCUT2D eigenvalue weighted by Gasteiger charge is -2.11. The number of esters is 1. The van der Waals surface area contributed by atoms with Crippen molar-refractivity contribution in [1.29, 1.82) is 0 Å². The van der Waals surface area contributed by atoms with E-state index in [0.29, 0.717) is 17.9 Å². The van der Waals surface area contributed by atoms with Crippen LogP contribution in [0.15, 0.2) is 24.3 Å². The first-order chi connectivity index (χ1) is 11.5. The van der Waals surface area contributed by atoms with E-state index in [0.717, 1.165) is 12.8 Å². The van der Waals surface area contributed by atoms with Gasteiger partial charge in [-0.3, -0.25) is 10.1 Å². The van der Waals surface area contributed by atoms with Gasteiger partial charge in [0.1, 0.15) is 5.75 Å². The molecule has 1 aromatic carbocycles. The Labute approximate surface area is 141 Å². The van der Waals surface area contributed by atoms with E-state index in [-0.39, 0.29) is 6.04 Å². The van der Waals surface area contributed by atoms with Crippen LogP contribution in [-0.2, 0) is 9.53 Å². The number of urea groups is 1. The molecule has 7 heteroatoms. The highest BCUT2D eigenvalue weighted by atomic mass is 16.5. The lowest BCUT2D eigenvalue weighted by molar-refractivity contribution is -0.123. The summed E-state index contributed by atoms with van der Waals surface area (Å²) in [6.45, 7) is 5.80. The van der Waals surface area contributed by atoms with Gasteiger partial charge in [-0.05, 0) is 44.0 Å². The van der Waals surface area contributed by atoms with Crippen molar-refractivity contribution in [2.45, 2.75) is 39.7 Å². The van der Waals surface area contributed by atoms with E-state index in [2.05, 4.69) is 10.6 Å². The van der Waals surface area contributed by atoms with Crippen molar-refractivity contribution in [3.63, 3.8) is 0 Å². The molecule has 0 saturated heterocycles. The van der Waals surface area contributed by atoms with Crippen molar-refractivity contribution in [3.8, 4) is 5.75 Å². The maximum Gasteiger partial charge on any atom is 0.338 e. The minimum atomic E-state index is -0.688. The first-order valence-corrected chi connectivity index (χ1v) is 7.96. The lowest BCUT2D eigenvalue weighted by Crippen LogP contribution is -2.44. The number of hydrogen-bond acceptors (Lipinski definition) is 5. The molecule has 0 aromatic heterocycles. The Morgan fingerprint density at radius 1 is 1.12 bits per heavy atom. The van der Waals surface area contributed by atoms with E-state index >= 15 is 0 Å². The van der Waals surface area contributed by atoms with Gasteiger partial charge in [0, 0.05) is 6.04 Å². The van der Waals surface area contributed by atoms with Crippen LogP contribution in [0.1, 0.15) is 44.0 Å². The first kappa shape index (κ1) is 19.5. The third-order valence-electron chi connectivity index (χ3n) is 3.14. The van der Waals surface area contributed by atoms with Crippen molar-refractivity contribution < 1.29 is 23.9 Å². The molecule has 0 aliphatic carbocycles. The Balaban J connectivity index is 2.39. The predicted octanol–water partition coefficient (Wildman–Crippen LogP) is 2.26. The Morgan fingerprint density at radius 2 is 1.79 bits per heavy atom. The average Bonchev–Trinajstić information content (AvgIpc) is 2.58. The molecule has 0 unspecified atom stereocenters. The van der Waals surface area contributed by atoms with Crippen LogP contribution in [0, 0.1) is 0 Å². The highest BCUT2D eigenvalue weighted by Gasteiger charge is 2.13. The first-order valence-electron chi connectivity index (χ1n) is 7.96. The zero-order valence-electron chi connectivity index (χ0n) is 14.3. The molecular formula is C17H24N2O5. The van der Waals surface area contributed by atoms with Gasteiger partial charge in [0.25, 0.3) is 5.91 Å². The fourth-order valence-corrected chi connectivity index (χ4v) is 1.65. The van der Waals surface area contributed by atoms with Crippen LogP contribution in [-0.4, -0.2) is 37.2 Å². The molecule has 0 fully saturated rings. The summed E-state index contributed by atoms with van der Waals surface area (Å²) in [4.78, 5) is 34.9. The minimum absolute atomic E-state index is 0.0474. The van der Waals surface area contributed by atoms with Crippen molar-refractivity contribution >= 4 is 17.9 Å². The molecule has 3 amide bonds. The Bertz CT molecular complexity index is 557. The largest absolute Gasteiger partial charge is 0.494 e. The van der Waals surface area contributed by atoms with Crippen molar-refractivity contribution in [2.24, 2.45) is 0 Å². The summed E-state index contributed by atoms with van der Waals surface area (Å²) < 4.78 is 10.3. The van der Waals surface area contributed by atoms with E-state index in [1.54, 1.807) is 24.3 Å². The summed E-state index contributed by atoms with van der Waals surface area (Å²) in [5, 5.41) is 4.68. The molecule has 132 valence electrons. The molecule has 0 spiro atoms. The number of benzene rings is 1. The summed E-state index contributed by atoms with van der Waals surface area (Å²) in [6.07, 6.45) is 1.64. The third kappa shape index (κ3) is 7.13. The second-order valence-corrected chi connectivity index (χ2v) is 5.28. The van der Waals surface area contributed by atoms with E-state index in [1.165, 1.54) is 0 Å². The maximum absolute atomic E-state index is 11.8. The zero-order valence-corrected chi connectivity index (χ0v) is 14.3. The van der Waals surface area contributed by atoms with Crippen LogP contribution in [0.3, 0.4) is 0 Å². The van der Waals surface area contributed by atoms with Crippen molar-refractivity contribution in [1.82, 2.24) is 10.6 Å². The Hall–Kier alpha value is -2.57. The molecule has 0 radical (unpaired) electrons. The molecule has 0 heterocycles. The summed E-state index contributed by atoms with van der Waals surface area (Å²) in [5.74, 6) is -0.672. The summed E-state index contributed by atoms with van der Waals surface area (Å²) in [5.41, 5.74) is 0.302. The maximum atomic E-state index is 11.8. The molecule has 0 saturated carbocycles. The van der Waals surface area contributed by atoms with Crippen molar-refractivity contribution in [3.05, 3.63) is 29.8 Å². The lowest BCUT2D eigenvalue weighted by atomic mass is 10.2. The van der Waals surface area contributed by atoms with E-state index in [4.69, 9.17) is 9.47 Å². The zero-order chi connectivity index (χ0) is 17.9. The van der Waals surface area contributed by atoms with Crippen molar-refractivity contribution in [2.75, 3.05) is 13.2 Å². The average molecular weight is 336 g/mol. The predicted molar refractivity (Wildman–Crippen MR) is 88.9 cm³/mol. The minimum Gasteiger partial charge on any atom is -0.494 e. The van der Waals surface area contributed by atoms with Gasteiger partial charge >= 0.3 is 12.0 Å². The van der Waals surface area contributed by atoms with E-state index in [1.807, 2.05) is 20.8 Å². The normalized spacial score (nSPS) is 11.3. The van der Waals surface area contributed by atoms with Gasteiger partial charge in [-0.25, -0.2) is 9.59 Å². The Kier molecular flexibility index (Phi) is 8.32. The smallest absolute Gasteiger partial charge is 0.338 e. The Morgan fingerprint density at radius 3 is 2.38 bits per heavy atom. The summed E-state index contributed by atoms with van der Waals surface area (Å²) >= 11 is 0. The standard InChI is InChI=1S/C17H24N2O5/c1-4-10-23-14-8-6-13(7-9-14)16(21)24-11-15(20)19-17(22)18-12(3)5-2/h6-9,12H,4-5,10-11H2,1-3H3,(H2,18,19,20,22)/t12-/m1/s1. The second-order valence-electron chi connectivity index (χ2n) is 5.28. The molecular weight excluding hydrogens is 312 g/mol. The van der Waals surface area contributed by atoms with Crippen LogP contribution >= 0.6 is 0 Å². The van der Waals surface area contributed by atoms with Gasteiger partial charge in [0.15, 0.2) is 6.61 Å². The number of carbonyl (C=O) groups is 3. The number of nitrogens with one attached hydrogen (secondary N) is 2. The topological polar surface area (TPSA) is 93.7 Å². The number of carbonyl (C=O) groups excluding carboxylic acids is 3. The molecule has 7 nitrogen and oxygen atoms in total. The molecule has 1 rings (SSSR count). The van der Waals surface area contributed by atoms with Crippen LogP contribution in [0.4, 0.5) is 4.79 Å². The van der Waals surface area contributed by atoms with Gasteiger partial charge in [-0.2, -0.15) is 0 Å². The number of hydrogen-bond donors (Lipinski definition) is 2. The number of amides is 3. The van der Waals surface area contributed by atoms with Gasteiger partial charge in [-0.1, -0.05) is 13.8 Å². The SMILES string of the molecule is CCCOc1ccc(C(=O)OCC(=O)NC(=O)N[C@H](C)CC)cc1. The monoisotopic (exact) mass is 336 g/mol.